The Labute approximate surface area is 145 Å². The molecule has 5 heteroatoms. The highest BCUT2D eigenvalue weighted by molar-refractivity contribution is 5.96. The lowest BCUT2D eigenvalue weighted by Crippen LogP contribution is -2.14. The second-order valence-corrected chi connectivity index (χ2v) is 6.44. The van der Waals surface area contributed by atoms with Gasteiger partial charge in [-0.3, -0.25) is 4.79 Å². The lowest BCUT2D eigenvalue weighted by atomic mass is 9.97. The van der Waals surface area contributed by atoms with Crippen molar-refractivity contribution in [2.24, 2.45) is 11.1 Å². The number of benzene rings is 2. The third-order valence-electron chi connectivity index (χ3n) is 4.64. The van der Waals surface area contributed by atoms with Crippen molar-refractivity contribution in [3.05, 3.63) is 59.1 Å². The molecule has 0 atom stereocenters. The lowest BCUT2D eigenvalue weighted by Gasteiger charge is -2.09. The number of amides is 1. The van der Waals surface area contributed by atoms with Gasteiger partial charge in [-0.2, -0.15) is 0 Å². The van der Waals surface area contributed by atoms with E-state index in [2.05, 4.69) is 15.5 Å². The molecule has 1 heterocycles. The van der Waals surface area contributed by atoms with Crippen LogP contribution in [-0.4, -0.2) is 10.9 Å². The summed E-state index contributed by atoms with van der Waals surface area (Å²) in [5, 5.41) is 7.93. The van der Waals surface area contributed by atoms with Crippen molar-refractivity contribution in [3.8, 4) is 11.1 Å². The maximum Gasteiger partial charge on any atom is 0.228 e. The van der Waals surface area contributed by atoms with Crippen LogP contribution in [0.4, 0.5) is 11.5 Å². The maximum absolute atomic E-state index is 11.9. The van der Waals surface area contributed by atoms with E-state index in [9.17, 15) is 9.70 Å². The highest BCUT2D eigenvalue weighted by atomic mass is 16.3. The predicted octanol–water partition coefficient (Wildman–Crippen LogP) is 4.96. The van der Waals surface area contributed by atoms with Crippen molar-refractivity contribution in [3.63, 3.8) is 0 Å². The molecule has 5 nitrogen and oxygen atoms in total. The Balaban J connectivity index is 1.69. The molecule has 0 bridgehead atoms. The molecule has 124 valence electrons. The van der Waals surface area contributed by atoms with Crippen molar-refractivity contribution < 1.29 is 4.79 Å². The first-order valence-electron chi connectivity index (χ1n) is 8.30. The molecule has 4 rings (SSSR count). The van der Waals surface area contributed by atoms with Crippen LogP contribution in [0.15, 0.2) is 53.8 Å². The van der Waals surface area contributed by atoms with Crippen LogP contribution in [0.25, 0.3) is 21.9 Å². The van der Waals surface area contributed by atoms with Crippen LogP contribution in [0.1, 0.15) is 18.4 Å². The Morgan fingerprint density at radius 2 is 2.00 bits per heavy atom. The molecular formula is C20H17N3O2. The zero-order valence-electron chi connectivity index (χ0n) is 13.8. The largest absolute Gasteiger partial charge is 0.310 e. The third-order valence-corrected chi connectivity index (χ3v) is 4.64. The quantitative estimate of drug-likeness (QED) is 0.687. The van der Waals surface area contributed by atoms with E-state index in [1.807, 2.05) is 43.3 Å². The molecule has 0 radical (unpaired) electrons. The highest BCUT2D eigenvalue weighted by Gasteiger charge is 2.29. The molecule has 1 aliphatic rings. The lowest BCUT2D eigenvalue weighted by molar-refractivity contribution is -0.117. The first-order valence-corrected chi connectivity index (χ1v) is 8.30. The summed E-state index contributed by atoms with van der Waals surface area (Å²) in [6, 6.07) is 13.4. The molecule has 1 fully saturated rings. The van der Waals surface area contributed by atoms with Gasteiger partial charge in [0.15, 0.2) is 0 Å². The summed E-state index contributed by atoms with van der Waals surface area (Å²) >= 11 is 0. The van der Waals surface area contributed by atoms with E-state index in [0.29, 0.717) is 11.5 Å². The van der Waals surface area contributed by atoms with E-state index in [1.54, 1.807) is 12.3 Å². The van der Waals surface area contributed by atoms with E-state index in [-0.39, 0.29) is 11.8 Å². The number of nitrogens with zero attached hydrogens (tertiary/aromatic N) is 2. The van der Waals surface area contributed by atoms with Crippen LogP contribution in [0.2, 0.25) is 0 Å². The number of carbonyl (C=O) groups is 1. The molecule has 0 spiro atoms. The number of anilines is 1. The van der Waals surface area contributed by atoms with Gasteiger partial charge in [0.2, 0.25) is 5.91 Å². The minimum absolute atomic E-state index is 0.0530. The zero-order valence-corrected chi connectivity index (χ0v) is 13.8. The van der Waals surface area contributed by atoms with E-state index in [1.165, 1.54) is 0 Å². The van der Waals surface area contributed by atoms with Crippen LogP contribution in [0, 0.1) is 17.7 Å². The smallest absolute Gasteiger partial charge is 0.228 e. The van der Waals surface area contributed by atoms with Gasteiger partial charge in [-0.1, -0.05) is 24.3 Å². The van der Waals surface area contributed by atoms with Crippen molar-refractivity contribution in [1.29, 1.82) is 0 Å². The monoisotopic (exact) mass is 331 g/mol. The predicted molar refractivity (Wildman–Crippen MR) is 98.7 cm³/mol. The van der Waals surface area contributed by atoms with E-state index in [0.717, 1.165) is 40.3 Å². The average molecular weight is 331 g/mol. The normalized spacial score (nSPS) is 13.6. The SMILES string of the molecule is Cc1c(N=O)cccc1-c1ccc2cc(NC(=O)C3CC3)ncc2c1. The highest BCUT2D eigenvalue weighted by Crippen LogP contribution is 2.33. The topological polar surface area (TPSA) is 71.4 Å². The number of aromatic nitrogens is 1. The number of pyridine rings is 1. The maximum atomic E-state index is 11.9. The van der Waals surface area contributed by atoms with Gasteiger partial charge in [-0.25, -0.2) is 4.98 Å². The first kappa shape index (κ1) is 15.4. The van der Waals surface area contributed by atoms with Crippen molar-refractivity contribution in [2.45, 2.75) is 19.8 Å². The van der Waals surface area contributed by atoms with Gasteiger partial charge in [0.05, 0.1) is 0 Å². The summed E-state index contributed by atoms with van der Waals surface area (Å²) in [5.74, 6) is 0.791. The third kappa shape index (κ3) is 3.01. The molecule has 0 unspecified atom stereocenters. The van der Waals surface area contributed by atoms with Gasteiger partial charge in [0, 0.05) is 17.5 Å². The minimum atomic E-state index is 0.0530. The molecule has 1 amide bonds. The summed E-state index contributed by atoms with van der Waals surface area (Å²) < 4.78 is 0. The first-order chi connectivity index (χ1) is 12.2. The number of carbonyl (C=O) groups excluding carboxylic acids is 1. The Bertz CT molecular complexity index is 993. The molecule has 25 heavy (non-hydrogen) atoms. The van der Waals surface area contributed by atoms with Gasteiger partial charge in [0.25, 0.3) is 0 Å². The van der Waals surface area contributed by atoms with Crippen molar-refractivity contribution in [1.82, 2.24) is 4.98 Å². The van der Waals surface area contributed by atoms with Crippen LogP contribution in [-0.2, 0) is 4.79 Å². The number of nitrogens with one attached hydrogen (secondary N) is 1. The number of fused-ring (bicyclic) bond motifs is 1. The van der Waals surface area contributed by atoms with E-state index in [4.69, 9.17) is 0 Å². The fourth-order valence-electron chi connectivity index (χ4n) is 2.99. The molecule has 2 aromatic carbocycles. The number of rotatable bonds is 4. The summed E-state index contributed by atoms with van der Waals surface area (Å²) in [7, 11) is 0. The Hall–Kier alpha value is -3.08. The van der Waals surface area contributed by atoms with E-state index >= 15 is 0 Å². The Morgan fingerprint density at radius 3 is 2.76 bits per heavy atom. The fourth-order valence-corrected chi connectivity index (χ4v) is 2.99. The van der Waals surface area contributed by atoms with Gasteiger partial charge in [0.1, 0.15) is 11.5 Å². The summed E-state index contributed by atoms with van der Waals surface area (Å²) in [5.41, 5.74) is 3.30. The molecule has 1 aliphatic carbocycles. The molecule has 0 aliphatic heterocycles. The summed E-state index contributed by atoms with van der Waals surface area (Å²) in [6.45, 7) is 1.89. The number of hydrogen-bond acceptors (Lipinski definition) is 4. The average Bonchev–Trinajstić information content (AvgIpc) is 3.47. The van der Waals surface area contributed by atoms with Gasteiger partial charge >= 0.3 is 0 Å². The molecule has 1 saturated carbocycles. The van der Waals surface area contributed by atoms with Gasteiger partial charge in [-0.05, 0) is 65.2 Å². The molecular weight excluding hydrogens is 314 g/mol. The van der Waals surface area contributed by atoms with Crippen LogP contribution >= 0.6 is 0 Å². The van der Waals surface area contributed by atoms with Crippen LogP contribution in [0.3, 0.4) is 0 Å². The fraction of sp³-hybridized carbons (Fsp3) is 0.200. The minimum Gasteiger partial charge on any atom is -0.310 e. The summed E-state index contributed by atoms with van der Waals surface area (Å²) in [4.78, 5) is 27.1. The molecule has 1 aromatic heterocycles. The van der Waals surface area contributed by atoms with Crippen LogP contribution in [0.5, 0.6) is 0 Å². The second kappa shape index (κ2) is 6.09. The van der Waals surface area contributed by atoms with Crippen molar-refractivity contribution >= 4 is 28.2 Å². The molecule has 3 aromatic rings. The Kier molecular flexibility index (Phi) is 3.76. The number of nitroso groups, excluding NO2 is 1. The van der Waals surface area contributed by atoms with Crippen molar-refractivity contribution in [2.75, 3.05) is 5.32 Å². The van der Waals surface area contributed by atoms with E-state index < -0.39 is 0 Å². The molecule has 0 saturated heterocycles. The zero-order chi connectivity index (χ0) is 17.4. The Morgan fingerprint density at radius 1 is 1.16 bits per heavy atom. The van der Waals surface area contributed by atoms with Crippen LogP contribution < -0.4 is 5.32 Å². The van der Waals surface area contributed by atoms with Gasteiger partial charge in [-0.15, -0.1) is 4.91 Å². The second-order valence-electron chi connectivity index (χ2n) is 6.44. The standard InChI is InChI=1S/C20H17N3O2/c1-12-17(3-2-4-18(12)23-25)15-8-7-14-10-19(21-11-16(14)9-15)22-20(24)13-5-6-13/h2-4,7-11,13H,5-6H2,1H3,(H,21,22,24). The molecule has 1 N–H and O–H groups in total. The number of hydrogen-bond donors (Lipinski definition) is 1. The summed E-state index contributed by atoms with van der Waals surface area (Å²) in [6.07, 6.45) is 3.70. The van der Waals surface area contributed by atoms with Gasteiger partial charge < -0.3 is 5.32 Å².